The third-order valence-electron chi connectivity index (χ3n) is 3.86. The van der Waals surface area contributed by atoms with Gasteiger partial charge in [0.15, 0.2) is 0 Å². The van der Waals surface area contributed by atoms with Gasteiger partial charge in [-0.2, -0.15) is 10.4 Å². The van der Waals surface area contributed by atoms with Crippen LogP contribution in [0.1, 0.15) is 29.8 Å². The van der Waals surface area contributed by atoms with Crippen LogP contribution in [0.25, 0.3) is 5.69 Å². The highest BCUT2D eigenvalue weighted by molar-refractivity contribution is 5.97. The molecule has 0 spiro atoms. The Hall–Kier alpha value is -3.34. The van der Waals surface area contributed by atoms with Gasteiger partial charge in [-0.25, -0.2) is 9.48 Å². The molecule has 136 valence electrons. The van der Waals surface area contributed by atoms with E-state index in [1.165, 1.54) is 11.0 Å². The van der Waals surface area contributed by atoms with Crippen LogP contribution in [0.5, 0.6) is 0 Å². The van der Waals surface area contributed by atoms with Crippen molar-refractivity contribution in [2.24, 2.45) is 11.7 Å². The van der Waals surface area contributed by atoms with Crippen LogP contribution in [0.4, 0.5) is 10.5 Å². The number of aryl methyl sites for hydroxylation is 1. The maximum atomic E-state index is 12.6. The fraction of sp³-hybridized carbons (Fsp3) is 0.333. The molecule has 0 bridgehead atoms. The number of benzene rings is 1. The lowest BCUT2D eigenvalue weighted by Gasteiger charge is -2.23. The molecule has 0 radical (unpaired) electrons. The Bertz CT molecular complexity index is 852. The van der Waals surface area contributed by atoms with E-state index in [1.807, 2.05) is 20.0 Å². The van der Waals surface area contributed by atoms with Crippen molar-refractivity contribution < 1.29 is 9.59 Å². The summed E-state index contributed by atoms with van der Waals surface area (Å²) < 4.78 is 1.61. The van der Waals surface area contributed by atoms with Gasteiger partial charge in [-0.15, -0.1) is 0 Å². The molecule has 3 amide bonds. The monoisotopic (exact) mass is 354 g/mol. The van der Waals surface area contributed by atoms with E-state index in [2.05, 4.69) is 16.5 Å². The van der Waals surface area contributed by atoms with Crippen LogP contribution < -0.4 is 11.1 Å². The number of hydrogen-bond donors (Lipinski definition) is 2. The summed E-state index contributed by atoms with van der Waals surface area (Å²) in [5.74, 6) is -0.875. The van der Waals surface area contributed by atoms with Gasteiger partial charge < -0.3 is 16.0 Å². The summed E-state index contributed by atoms with van der Waals surface area (Å²) in [6, 6.07) is 6.54. The summed E-state index contributed by atoms with van der Waals surface area (Å²) in [5.41, 5.74) is 7.62. The zero-order valence-corrected chi connectivity index (χ0v) is 15.1. The molecule has 0 saturated heterocycles. The summed E-state index contributed by atoms with van der Waals surface area (Å²) >= 11 is 0. The zero-order valence-electron chi connectivity index (χ0n) is 15.1. The number of rotatable bonds is 6. The van der Waals surface area contributed by atoms with Gasteiger partial charge >= 0.3 is 6.03 Å². The van der Waals surface area contributed by atoms with Crippen LogP contribution in [0.2, 0.25) is 0 Å². The number of nitrogens with one attached hydrogen (secondary N) is 1. The second-order valence-electron chi connectivity index (χ2n) is 6.06. The highest BCUT2D eigenvalue weighted by Gasteiger charge is 2.18. The number of nitrogens with two attached hydrogens (primary N) is 1. The fourth-order valence-corrected chi connectivity index (χ4v) is 2.46. The molecule has 8 nitrogen and oxygen atoms in total. The van der Waals surface area contributed by atoms with E-state index in [0.29, 0.717) is 24.5 Å². The Kier molecular flexibility index (Phi) is 5.96. The van der Waals surface area contributed by atoms with Crippen LogP contribution in [-0.2, 0) is 0 Å². The molecule has 1 aromatic carbocycles. The standard InChI is InChI=1S/C18H22N6O2/c1-4-23(10-12(2)8-19)18(26)22-15-7-14(17(20)25)5-6-16(15)24-11-13(3)9-21-24/h5-7,9,11-12H,4,10H2,1-3H3,(H2,20,25)(H,22,26). The van der Waals surface area contributed by atoms with Crippen LogP contribution in [0.3, 0.4) is 0 Å². The molecular weight excluding hydrogens is 332 g/mol. The summed E-state index contributed by atoms with van der Waals surface area (Å²) in [5, 5.41) is 16.0. The van der Waals surface area contributed by atoms with E-state index in [9.17, 15) is 9.59 Å². The average molecular weight is 354 g/mol. The highest BCUT2D eigenvalue weighted by Crippen LogP contribution is 2.22. The molecule has 3 N–H and O–H groups in total. The lowest BCUT2D eigenvalue weighted by atomic mass is 10.1. The first-order valence-corrected chi connectivity index (χ1v) is 8.26. The summed E-state index contributed by atoms with van der Waals surface area (Å²) in [7, 11) is 0. The van der Waals surface area contributed by atoms with Crippen LogP contribution >= 0.6 is 0 Å². The Morgan fingerprint density at radius 1 is 1.46 bits per heavy atom. The van der Waals surface area contributed by atoms with Crippen molar-refractivity contribution >= 4 is 17.6 Å². The molecule has 2 rings (SSSR count). The molecule has 0 aliphatic rings. The number of nitrogens with zero attached hydrogens (tertiary/aromatic N) is 4. The van der Waals surface area contributed by atoms with Gasteiger partial charge in [0.1, 0.15) is 0 Å². The van der Waals surface area contributed by atoms with Gasteiger partial charge in [0, 0.05) is 24.8 Å². The van der Waals surface area contributed by atoms with Crippen molar-refractivity contribution in [2.45, 2.75) is 20.8 Å². The SMILES string of the molecule is CCN(CC(C)C#N)C(=O)Nc1cc(C(N)=O)ccc1-n1cc(C)cn1. The molecule has 1 atom stereocenters. The number of urea groups is 1. The van der Waals surface area contributed by atoms with E-state index in [-0.39, 0.29) is 17.5 Å². The smallest absolute Gasteiger partial charge is 0.321 e. The largest absolute Gasteiger partial charge is 0.366 e. The number of carbonyl (C=O) groups excluding carboxylic acids is 2. The first-order chi connectivity index (χ1) is 12.3. The lowest BCUT2D eigenvalue weighted by molar-refractivity contribution is 0.1000. The third kappa shape index (κ3) is 4.39. The van der Waals surface area contributed by atoms with Crippen LogP contribution in [0, 0.1) is 24.2 Å². The first kappa shape index (κ1) is 19.0. The predicted molar refractivity (Wildman–Crippen MR) is 97.9 cm³/mol. The molecule has 0 aliphatic heterocycles. The number of carbonyl (C=O) groups is 2. The van der Waals surface area contributed by atoms with Crippen molar-refractivity contribution in [2.75, 3.05) is 18.4 Å². The van der Waals surface area contributed by atoms with Crippen molar-refractivity contribution in [1.82, 2.24) is 14.7 Å². The number of anilines is 1. The van der Waals surface area contributed by atoms with Gasteiger partial charge in [-0.1, -0.05) is 0 Å². The van der Waals surface area contributed by atoms with Crippen molar-refractivity contribution in [1.29, 1.82) is 5.26 Å². The second kappa shape index (κ2) is 8.16. The lowest BCUT2D eigenvalue weighted by Crippen LogP contribution is -2.37. The molecule has 26 heavy (non-hydrogen) atoms. The van der Waals surface area contributed by atoms with E-state index < -0.39 is 5.91 Å². The minimum Gasteiger partial charge on any atom is -0.366 e. The van der Waals surface area contributed by atoms with E-state index in [4.69, 9.17) is 11.0 Å². The number of primary amides is 1. The average Bonchev–Trinajstić information content (AvgIpc) is 3.05. The van der Waals surface area contributed by atoms with Gasteiger partial charge in [-0.3, -0.25) is 4.79 Å². The number of aromatic nitrogens is 2. The van der Waals surface area contributed by atoms with E-state index in [1.54, 1.807) is 29.9 Å². The van der Waals surface area contributed by atoms with E-state index >= 15 is 0 Å². The molecular formula is C18H22N6O2. The minimum atomic E-state index is -0.589. The van der Waals surface area contributed by atoms with Crippen molar-refractivity contribution in [3.8, 4) is 11.8 Å². The van der Waals surface area contributed by atoms with Crippen LogP contribution in [0.15, 0.2) is 30.6 Å². The summed E-state index contributed by atoms with van der Waals surface area (Å²) in [6.45, 7) is 6.25. The Labute approximate surface area is 152 Å². The van der Waals surface area contributed by atoms with Gasteiger partial charge in [-0.05, 0) is 44.5 Å². The maximum absolute atomic E-state index is 12.6. The molecule has 1 heterocycles. The van der Waals surface area contributed by atoms with Gasteiger partial charge in [0.2, 0.25) is 5.91 Å². The fourth-order valence-electron chi connectivity index (χ4n) is 2.46. The number of nitriles is 1. The summed E-state index contributed by atoms with van der Waals surface area (Å²) in [6.07, 6.45) is 3.50. The van der Waals surface area contributed by atoms with Crippen molar-refractivity contribution in [3.05, 3.63) is 41.7 Å². The minimum absolute atomic E-state index is 0.279. The molecule has 2 aromatic rings. The molecule has 1 unspecified atom stereocenters. The second-order valence-corrected chi connectivity index (χ2v) is 6.06. The molecule has 0 fully saturated rings. The Balaban J connectivity index is 2.36. The Morgan fingerprint density at radius 2 is 2.19 bits per heavy atom. The topological polar surface area (TPSA) is 117 Å². The number of amides is 3. The van der Waals surface area contributed by atoms with Gasteiger partial charge in [0.05, 0.1) is 29.6 Å². The van der Waals surface area contributed by atoms with Crippen molar-refractivity contribution in [3.63, 3.8) is 0 Å². The molecule has 1 aromatic heterocycles. The predicted octanol–water partition coefficient (Wildman–Crippen LogP) is 2.29. The van der Waals surface area contributed by atoms with Gasteiger partial charge in [0.25, 0.3) is 0 Å². The Morgan fingerprint density at radius 3 is 2.73 bits per heavy atom. The normalized spacial score (nSPS) is 11.5. The molecule has 8 heteroatoms. The first-order valence-electron chi connectivity index (χ1n) is 8.26. The van der Waals surface area contributed by atoms with E-state index in [0.717, 1.165) is 5.56 Å². The quantitative estimate of drug-likeness (QED) is 0.827. The number of hydrogen-bond acceptors (Lipinski definition) is 4. The van der Waals surface area contributed by atoms with Crippen LogP contribution in [-0.4, -0.2) is 39.7 Å². The zero-order chi connectivity index (χ0) is 19.3. The third-order valence-corrected chi connectivity index (χ3v) is 3.86. The maximum Gasteiger partial charge on any atom is 0.321 e. The highest BCUT2D eigenvalue weighted by atomic mass is 16.2. The molecule has 0 saturated carbocycles. The summed E-state index contributed by atoms with van der Waals surface area (Å²) in [4.78, 5) is 25.7. The molecule has 0 aliphatic carbocycles.